The molecule has 0 saturated carbocycles. The highest BCUT2D eigenvalue weighted by Crippen LogP contribution is 2.25. The van der Waals surface area contributed by atoms with Gasteiger partial charge >= 0.3 is 0 Å². The van der Waals surface area contributed by atoms with Crippen molar-refractivity contribution in [2.45, 2.75) is 4.90 Å². The summed E-state index contributed by atoms with van der Waals surface area (Å²) in [4.78, 5) is 3.77. The Bertz CT molecular complexity index is 784. The predicted octanol–water partition coefficient (Wildman–Crippen LogP) is 3.37. The van der Waals surface area contributed by atoms with E-state index in [1.807, 2.05) is 0 Å². The van der Waals surface area contributed by atoms with Crippen LogP contribution in [0, 0.1) is 5.82 Å². The van der Waals surface area contributed by atoms with Crippen LogP contribution in [0.15, 0.2) is 35.4 Å². The zero-order chi connectivity index (χ0) is 15.6. The molecule has 0 bridgehead atoms. The summed E-state index contributed by atoms with van der Waals surface area (Å²) >= 11 is 11.5. The van der Waals surface area contributed by atoms with Crippen molar-refractivity contribution < 1.29 is 12.8 Å². The van der Waals surface area contributed by atoms with E-state index in [-0.39, 0.29) is 20.6 Å². The molecule has 0 spiro atoms. The third kappa shape index (κ3) is 3.55. The first-order valence-electron chi connectivity index (χ1n) is 5.64. The zero-order valence-corrected chi connectivity index (χ0v) is 13.0. The molecule has 0 radical (unpaired) electrons. The highest BCUT2D eigenvalue weighted by molar-refractivity contribution is 7.92. The summed E-state index contributed by atoms with van der Waals surface area (Å²) < 4.78 is 39.7. The fourth-order valence-corrected chi connectivity index (χ4v) is 3.05. The predicted molar refractivity (Wildman–Crippen MR) is 81.0 cm³/mol. The molecule has 2 N–H and O–H groups in total. The van der Waals surface area contributed by atoms with Crippen LogP contribution < -0.4 is 10.0 Å². The van der Waals surface area contributed by atoms with Gasteiger partial charge in [0.2, 0.25) is 0 Å². The van der Waals surface area contributed by atoms with Gasteiger partial charge in [-0.25, -0.2) is 17.8 Å². The van der Waals surface area contributed by atoms with Crippen LogP contribution in [0.4, 0.5) is 15.9 Å². The maximum Gasteiger partial charge on any atom is 0.263 e. The molecule has 112 valence electrons. The van der Waals surface area contributed by atoms with Crippen molar-refractivity contribution in [3.8, 4) is 0 Å². The highest BCUT2D eigenvalue weighted by atomic mass is 35.5. The van der Waals surface area contributed by atoms with E-state index >= 15 is 0 Å². The highest BCUT2D eigenvalue weighted by Gasteiger charge is 2.17. The number of hydrogen-bond acceptors (Lipinski definition) is 4. The topological polar surface area (TPSA) is 71.1 Å². The third-order valence-electron chi connectivity index (χ3n) is 2.54. The quantitative estimate of drug-likeness (QED) is 0.887. The van der Waals surface area contributed by atoms with Gasteiger partial charge in [0.05, 0.1) is 15.7 Å². The second-order valence-electron chi connectivity index (χ2n) is 3.99. The molecule has 1 aromatic carbocycles. The maximum absolute atomic E-state index is 13.0. The second-order valence-corrected chi connectivity index (χ2v) is 6.48. The Morgan fingerprint density at radius 1 is 1.19 bits per heavy atom. The fraction of sp³-hybridized carbons (Fsp3) is 0.0833. The zero-order valence-electron chi connectivity index (χ0n) is 10.7. The van der Waals surface area contributed by atoms with Gasteiger partial charge in [-0.2, -0.15) is 0 Å². The molecule has 1 heterocycles. The number of benzene rings is 1. The molecule has 0 aliphatic rings. The Kier molecular flexibility index (Phi) is 4.55. The van der Waals surface area contributed by atoms with E-state index in [4.69, 9.17) is 23.2 Å². The van der Waals surface area contributed by atoms with E-state index in [2.05, 4.69) is 15.0 Å². The molecule has 0 aliphatic heterocycles. The van der Waals surface area contributed by atoms with E-state index < -0.39 is 15.8 Å². The van der Waals surface area contributed by atoms with Gasteiger partial charge in [-0.05, 0) is 24.3 Å². The Hall–Kier alpha value is -1.57. The maximum atomic E-state index is 13.0. The molecule has 0 amide bonds. The molecule has 21 heavy (non-hydrogen) atoms. The lowest BCUT2D eigenvalue weighted by Crippen LogP contribution is -2.13. The third-order valence-corrected chi connectivity index (χ3v) is 4.46. The SMILES string of the molecule is CNc1ncc(S(=O)(=O)Nc2ccc(F)c(Cl)c2)cc1Cl. The first-order valence-corrected chi connectivity index (χ1v) is 7.88. The van der Waals surface area contributed by atoms with E-state index in [1.165, 1.54) is 18.2 Å². The summed E-state index contributed by atoms with van der Waals surface area (Å²) in [5.74, 6) is -0.275. The van der Waals surface area contributed by atoms with Crippen molar-refractivity contribution in [2.75, 3.05) is 17.1 Å². The second kappa shape index (κ2) is 6.05. The standard InChI is InChI=1S/C12H10Cl2FN3O2S/c1-16-12-10(14)5-8(6-17-12)21(19,20)18-7-2-3-11(15)9(13)4-7/h2-6,18H,1H3,(H,16,17). The van der Waals surface area contributed by atoms with Gasteiger partial charge in [-0.1, -0.05) is 23.2 Å². The summed E-state index contributed by atoms with van der Waals surface area (Å²) in [5, 5.41) is 2.70. The fourth-order valence-electron chi connectivity index (χ4n) is 1.52. The van der Waals surface area contributed by atoms with Crippen LogP contribution in [-0.2, 0) is 10.0 Å². The van der Waals surface area contributed by atoms with Gasteiger partial charge in [0, 0.05) is 13.2 Å². The summed E-state index contributed by atoms with van der Waals surface area (Å²) in [6, 6.07) is 4.75. The van der Waals surface area contributed by atoms with Crippen LogP contribution in [0.2, 0.25) is 10.0 Å². The largest absolute Gasteiger partial charge is 0.372 e. The van der Waals surface area contributed by atoms with Crippen LogP contribution >= 0.6 is 23.2 Å². The Labute approximate surface area is 131 Å². The molecular formula is C12H10Cl2FN3O2S. The summed E-state index contributed by atoms with van der Waals surface area (Å²) in [5.41, 5.74) is 0.134. The Morgan fingerprint density at radius 3 is 2.48 bits per heavy atom. The smallest absolute Gasteiger partial charge is 0.263 e. The van der Waals surface area contributed by atoms with Gasteiger partial charge in [0.25, 0.3) is 10.0 Å². The number of hydrogen-bond donors (Lipinski definition) is 2. The number of nitrogens with one attached hydrogen (secondary N) is 2. The monoisotopic (exact) mass is 349 g/mol. The van der Waals surface area contributed by atoms with Gasteiger partial charge in [0.1, 0.15) is 16.5 Å². The Balaban J connectivity index is 2.33. The van der Waals surface area contributed by atoms with Gasteiger partial charge in [0.15, 0.2) is 0 Å². The molecule has 0 atom stereocenters. The Morgan fingerprint density at radius 2 is 1.90 bits per heavy atom. The molecule has 0 unspecified atom stereocenters. The molecule has 5 nitrogen and oxygen atoms in total. The molecule has 0 saturated heterocycles. The van der Waals surface area contributed by atoms with E-state index in [9.17, 15) is 12.8 Å². The normalized spacial score (nSPS) is 11.2. The van der Waals surface area contributed by atoms with Crippen molar-refractivity contribution >= 4 is 44.7 Å². The number of anilines is 2. The van der Waals surface area contributed by atoms with Gasteiger partial charge in [-0.15, -0.1) is 0 Å². The van der Waals surface area contributed by atoms with Crippen molar-refractivity contribution in [3.05, 3.63) is 46.3 Å². The molecular weight excluding hydrogens is 340 g/mol. The molecule has 1 aromatic heterocycles. The molecule has 0 fully saturated rings. The van der Waals surface area contributed by atoms with Crippen LogP contribution in [-0.4, -0.2) is 20.4 Å². The average Bonchev–Trinajstić information content (AvgIpc) is 2.42. The summed E-state index contributed by atoms with van der Waals surface area (Å²) in [6.07, 6.45) is 1.16. The van der Waals surface area contributed by atoms with E-state index in [1.54, 1.807) is 7.05 Å². The van der Waals surface area contributed by atoms with Crippen LogP contribution in [0.3, 0.4) is 0 Å². The number of halogens is 3. The number of rotatable bonds is 4. The number of nitrogens with zero attached hydrogens (tertiary/aromatic N) is 1. The number of pyridine rings is 1. The van der Waals surface area contributed by atoms with Crippen molar-refractivity contribution in [1.29, 1.82) is 0 Å². The molecule has 9 heteroatoms. The average molecular weight is 350 g/mol. The van der Waals surface area contributed by atoms with Crippen molar-refractivity contribution in [1.82, 2.24) is 4.98 Å². The van der Waals surface area contributed by atoms with Crippen molar-refractivity contribution in [2.24, 2.45) is 0 Å². The number of sulfonamides is 1. The van der Waals surface area contributed by atoms with E-state index in [0.29, 0.717) is 5.82 Å². The lowest BCUT2D eigenvalue weighted by molar-refractivity contribution is 0.600. The van der Waals surface area contributed by atoms with Crippen LogP contribution in [0.25, 0.3) is 0 Å². The molecule has 2 aromatic rings. The van der Waals surface area contributed by atoms with Crippen molar-refractivity contribution in [3.63, 3.8) is 0 Å². The first-order chi connectivity index (χ1) is 9.83. The lowest BCUT2D eigenvalue weighted by Gasteiger charge is -2.10. The lowest BCUT2D eigenvalue weighted by atomic mass is 10.3. The minimum absolute atomic E-state index is 0.119. The summed E-state index contributed by atoms with van der Waals surface area (Å²) in [7, 11) is -2.28. The first kappa shape index (κ1) is 15.8. The van der Waals surface area contributed by atoms with Crippen LogP contribution in [0.1, 0.15) is 0 Å². The van der Waals surface area contributed by atoms with Gasteiger partial charge < -0.3 is 5.32 Å². The minimum Gasteiger partial charge on any atom is -0.372 e. The van der Waals surface area contributed by atoms with E-state index in [0.717, 1.165) is 12.3 Å². The molecule has 0 aliphatic carbocycles. The van der Waals surface area contributed by atoms with Gasteiger partial charge in [-0.3, -0.25) is 4.72 Å². The van der Waals surface area contributed by atoms with Crippen LogP contribution in [0.5, 0.6) is 0 Å². The number of aromatic nitrogens is 1. The minimum atomic E-state index is -3.90. The summed E-state index contributed by atoms with van der Waals surface area (Å²) in [6.45, 7) is 0. The molecule has 2 rings (SSSR count).